The van der Waals surface area contributed by atoms with Crippen molar-refractivity contribution in [2.45, 2.75) is 0 Å². The first kappa shape index (κ1) is 16.2. The second-order valence-corrected chi connectivity index (χ2v) is 5.62. The van der Waals surface area contributed by atoms with Crippen LogP contribution >= 0.6 is 23.4 Å². The van der Waals surface area contributed by atoms with Gasteiger partial charge in [0.2, 0.25) is 0 Å². The van der Waals surface area contributed by atoms with E-state index in [1.807, 2.05) is 6.07 Å². The number of amides is 2. The predicted molar refractivity (Wildman–Crippen MR) is 82.8 cm³/mol. The molecule has 0 unspecified atom stereocenters. The zero-order valence-corrected chi connectivity index (χ0v) is 13.3. The van der Waals surface area contributed by atoms with Crippen molar-refractivity contribution in [3.8, 4) is 17.6 Å². The van der Waals surface area contributed by atoms with Crippen LogP contribution in [0.4, 0.5) is 4.79 Å². The van der Waals surface area contributed by atoms with Crippen LogP contribution in [-0.2, 0) is 4.79 Å². The standard InChI is InChI=1S/C14H11ClN2O4S/c1-17-13(18)11(22-14(17)19)7-8-5-9(15)12(21-4-3-16)10(6-8)20-2/h5-7H,4H2,1-2H3/b11-7-. The van der Waals surface area contributed by atoms with E-state index in [9.17, 15) is 9.59 Å². The molecular formula is C14H11ClN2O4S. The molecular weight excluding hydrogens is 328 g/mol. The molecule has 0 radical (unpaired) electrons. The van der Waals surface area contributed by atoms with Gasteiger partial charge in [-0.3, -0.25) is 14.5 Å². The quantitative estimate of drug-likeness (QED) is 0.785. The van der Waals surface area contributed by atoms with Crippen molar-refractivity contribution in [2.75, 3.05) is 20.8 Å². The van der Waals surface area contributed by atoms with Crippen LogP contribution in [-0.4, -0.2) is 36.8 Å². The van der Waals surface area contributed by atoms with Crippen molar-refractivity contribution >= 4 is 40.6 Å². The van der Waals surface area contributed by atoms with Crippen molar-refractivity contribution in [1.29, 1.82) is 5.26 Å². The Labute approximate surface area is 136 Å². The van der Waals surface area contributed by atoms with Crippen LogP contribution in [0, 0.1) is 11.3 Å². The van der Waals surface area contributed by atoms with E-state index in [1.165, 1.54) is 14.2 Å². The van der Waals surface area contributed by atoms with E-state index in [-0.39, 0.29) is 28.5 Å². The van der Waals surface area contributed by atoms with Gasteiger partial charge >= 0.3 is 0 Å². The molecule has 1 fully saturated rings. The topological polar surface area (TPSA) is 79.6 Å². The highest BCUT2D eigenvalue weighted by molar-refractivity contribution is 8.18. The predicted octanol–water partition coefficient (Wildman–Crippen LogP) is 2.92. The van der Waals surface area contributed by atoms with E-state index in [2.05, 4.69) is 0 Å². The number of imide groups is 1. The van der Waals surface area contributed by atoms with E-state index < -0.39 is 0 Å². The van der Waals surface area contributed by atoms with Gasteiger partial charge in [0.15, 0.2) is 18.1 Å². The third-order valence-corrected chi connectivity index (χ3v) is 4.06. The molecule has 0 atom stereocenters. The number of methoxy groups -OCH3 is 1. The third-order valence-electron chi connectivity index (χ3n) is 2.82. The van der Waals surface area contributed by atoms with Gasteiger partial charge in [-0.2, -0.15) is 5.26 Å². The lowest BCUT2D eigenvalue weighted by Crippen LogP contribution is -2.22. The molecule has 1 saturated heterocycles. The third kappa shape index (κ3) is 3.18. The number of rotatable bonds is 4. The van der Waals surface area contributed by atoms with Gasteiger partial charge in [-0.05, 0) is 35.5 Å². The van der Waals surface area contributed by atoms with Gasteiger partial charge in [0.1, 0.15) is 6.07 Å². The molecule has 1 heterocycles. The Bertz CT molecular complexity index is 712. The average Bonchev–Trinajstić information content (AvgIpc) is 2.73. The molecule has 0 spiro atoms. The lowest BCUT2D eigenvalue weighted by atomic mass is 10.2. The molecule has 114 valence electrons. The first-order valence-electron chi connectivity index (χ1n) is 6.06. The highest BCUT2D eigenvalue weighted by Crippen LogP contribution is 2.38. The molecule has 0 aliphatic carbocycles. The van der Waals surface area contributed by atoms with Crippen LogP contribution in [0.5, 0.6) is 11.5 Å². The summed E-state index contributed by atoms with van der Waals surface area (Å²) in [6.07, 6.45) is 1.55. The zero-order chi connectivity index (χ0) is 16.3. The highest BCUT2D eigenvalue weighted by Gasteiger charge is 2.31. The number of hydrogen-bond donors (Lipinski definition) is 0. The molecule has 0 saturated carbocycles. The Morgan fingerprint density at radius 1 is 1.45 bits per heavy atom. The van der Waals surface area contributed by atoms with Gasteiger partial charge in [-0.1, -0.05) is 11.6 Å². The first-order chi connectivity index (χ1) is 10.5. The van der Waals surface area contributed by atoms with Gasteiger partial charge < -0.3 is 9.47 Å². The molecule has 2 amide bonds. The fourth-order valence-corrected chi connectivity index (χ4v) is 2.87. The minimum Gasteiger partial charge on any atom is -0.493 e. The van der Waals surface area contributed by atoms with Crippen LogP contribution in [0.1, 0.15) is 5.56 Å². The summed E-state index contributed by atoms with van der Waals surface area (Å²) in [5.41, 5.74) is 0.588. The zero-order valence-electron chi connectivity index (χ0n) is 11.8. The van der Waals surface area contributed by atoms with Crippen LogP contribution < -0.4 is 9.47 Å². The number of carbonyl (C=O) groups excluding carboxylic acids is 2. The molecule has 1 aromatic rings. The maximum absolute atomic E-state index is 11.9. The number of hydrogen-bond acceptors (Lipinski definition) is 6. The number of benzene rings is 1. The largest absolute Gasteiger partial charge is 0.493 e. The Balaban J connectivity index is 2.38. The number of nitrogens with zero attached hydrogens (tertiary/aromatic N) is 2. The molecule has 1 aliphatic heterocycles. The summed E-state index contributed by atoms with van der Waals surface area (Å²) < 4.78 is 10.4. The molecule has 0 bridgehead atoms. The van der Waals surface area contributed by atoms with Gasteiger partial charge in [-0.25, -0.2) is 0 Å². The second-order valence-electron chi connectivity index (χ2n) is 4.22. The normalized spacial score (nSPS) is 16.1. The second kappa shape index (κ2) is 6.73. The SMILES string of the molecule is COc1cc(/C=C2\SC(=O)N(C)C2=O)cc(Cl)c1OCC#N. The van der Waals surface area contributed by atoms with Gasteiger partial charge in [0.25, 0.3) is 11.1 Å². The Hall–Kier alpha value is -2.17. The maximum Gasteiger partial charge on any atom is 0.293 e. The van der Waals surface area contributed by atoms with Crippen molar-refractivity contribution in [3.63, 3.8) is 0 Å². The van der Waals surface area contributed by atoms with E-state index in [1.54, 1.807) is 18.2 Å². The van der Waals surface area contributed by atoms with Gasteiger partial charge in [-0.15, -0.1) is 0 Å². The monoisotopic (exact) mass is 338 g/mol. The lowest BCUT2D eigenvalue weighted by molar-refractivity contribution is -0.121. The number of likely N-dealkylation sites (N-methyl/N-ethyl adjacent to an activating group) is 1. The molecule has 0 aromatic heterocycles. The Morgan fingerprint density at radius 3 is 2.73 bits per heavy atom. The van der Waals surface area contributed by atoms with Crippen molar-refractivity contribution in [1.82, 2.24) is 4.90 Å². The number of nitriles is 1. The summed E-state index contributed by atoms with van der Waals surface area (Å²) in [7, 11) is 2.86. The minimum absolute atomic E-state index is 0.163. The van der Waals surface area contributed by atoms with Crippen molar-refractivity contribution < 1.29 is 19.1 Å². The lowest BCUT2D eigenvalue weighted by Gasteiger charge is -2.11. The summed E-state index contributed by atoms with van der Waals surface area (Å²) in [6, 6.07) is 5.03. The number of carbonyl (C=O) groups is 2. The first-order valence-corrected chi connectivity index (χ1v) is 7.26. The summed E-state index contributed by atoms with van der Waals surface area (Å²) >= 11 is 6.97. The number of thioether (sulfide) groups is 1. The highest BCUT2D eigenvalue weighted by atomic mass is 35.5. The van der Waals surface area contributed by atoms with Crippen molar-refractivity contribution in [3.05, 3.63) is 27.6 Å². The fraction of sp³-hybridized carbons (Fsp3) is 0.214. The molecule has 2 rings (SSSR count). The Kier molecular flexibility index (Phi) is 4.96. The van der Waals surface area contributed by atoms with Gasteiger partial charge in [0.05, 0.1) is 17.0 Å². The number of halogens is 1. The fourth-order valence-electron chi connectivity index (χ4n) is 1.76. The van der Waals surface area contributed by atoms with E-state index in [0.717, 1.165) is 16.7 Å². The maximum atomic E-state index is 11.9. The smallest absolute Gasteiger partial charge is 0.293 e. The molecule has 22 heavy (non-hydrogen) atoms. The van der Waals surface area contributed by atoms with Crippen LogP contribution in [0.3, 0.4) is 0 Å². The minimum atomic E-state index is -0.366. The summed E-state index contributed by atoms with van der Waals surface area (Å²) in [6.45, 7) is -0.163. The average molecular weight is 339 g/mol. The van der Waals surface area contributed by atoms with Crippen LogP contribution in [0.25, 0.3) is 6.08 Å². The van der Waals surface area contributed by atoms with E-state index in [4.69, 9.17) is 26.3 Å². The summed E-state index contributed by atoms with van der Waals surface area (Å²) in [4.78, 5) is 24.7. The van der Waals surface area contributed by atoms with E-state index in [0.29, 0.717) is 16.2 Å². The molecule has 1 aromatic carbocycles. The van der Waals surface area contributed by atoms with Crippen LogP contribution in [0.15, 0.2) is 17.0 Å². The summed E-state index contributed by atoms with van der Waals surface area (Å²) in [5.74, 6) is 0.228. The molecule has 1 aliphatic rings. The molecule has 6 nitrogen and oxygen atoms in total. The van der Waals surface area contributed by atoms with E-state index >= 15 is 0 Å². The number of ether oxygens (including phenoxy) is 2. The van der Waals surface area contributed by atoms with Crippen molar-refractivity contribution in [2.24, 2.45) is 0 Å². The Morgan fingerprint density at radius 2 is 2.18 bits per heavy atom. The molecule has 0 N–H and O–H groups in total. The van der Waals surface area contributed by atoms with Crippen LogP contribution in [0.2, 0.25) is 5.02 Å². The summed E-state index contributed by atoms with van der Waals surface area (Å²) in [5, 5.41) is 8.48. The molecule has 8 heteroatoms. The van der Waals surface area contributed by atoms with Gasteiger partial charge in [0, 0.05) is 7.05 Å².